The third-order valence-electron chi connectivity index (χ3n) is 3.43. The van der Waals surface area contributed by atoms with Crippen molar-refractivity contribution in [2.75, 3.05) is 11.9 Å². The van der Waals surface area contributed by atoms with Gasteiger partial charge in [0.15, 0.2) is 0 Å². The zero-order chi connectivity index (χ0) is 17.7. The summed E-state index contributed by atoms with van der Waals surface area (Å²) >= 11 is 9.28. The summed E-state index contributed by atoms with van der Waals surface area (Å²) in [6, 6.07) is 8.24. The molecule has 0 heterocycles. The van der Waals surface area contributed by atoms with E-state index in [1.807, 2.05) is 26.0 Å². The van der Waals surface area contributed by atoms with Crippen molar-refractivity contribution < 1.29 is 13.9 Å². The zero-order valence-electron chi connectivity index (χ0n) is 13.5. The first kappa shape index (κ1) is 18.7. The van der Waals surface area contributed by atoms with Crippen LogP contribution in [-0.2, 0) is 4.79 Å². The third-order valence-corrected chi connectivity index (χ3v) is 4.52. The monoisotopic (exact) mass is 413 g/mol. The lowest BCUT2D eigenvalue weighted by Gasteiger charge is -2.10. The van der Waals surface area contributed by atoms with Gasteiger partial charge in [0.25, 0.3) is 0 Å². The Morgan fingerprint density at radius 3 is 2.54 bits per heavy atom. The van der Waals surface area contributed by atoms with Gasteiger partial charge in [0.05, 0.1) is 12.3 Å². The van der Waals surface area contributed by atoms with Crippen molar-refractivity contribution in [3.8, 4) is 5.75 Å². The number of carbonyl (C=O) groups is 1. The molecule has 0 unspecified atom stereocenters. The maximum Gasteiger partial charge on any atom is 0.224 e. The molecule has 2 aromatic carbocycles. The summed E-state index contributed by atoms with van der Waals surface area (Å²) in [5.74, 6) is 0.0122. The number of halogens is 3. The van der Waals surface area contributed by atoms with Gasteiger partial charge in [-0.05, 0) is 61.7 Å². The summed E-state index contributed by atoms with van der Waals surface area (Å²) < 4.78 is 19.9. The Morgan fingerprint density at radius 1 is 1.25 bits per heavy atom. The maximum atomic E-state index is 13.6. The molecule has 24 heavy (non-hydrogen) atoms. The van der Waals surface area contributed by atoms with Gasteiger partial charge in [-0.3, -0.25) is 4.79 Å². The number of ether oxygens (including phenoxy) is 1. The molecule has 0 saturated heterocycles. The third kappa shape index (κ3) is 5.21. The van der Waals surface area contributed by atoms with E-state index >= 15 is 0 Å². The highest BCUT2D eigenvalue weighted by molar-refractivity contribution is 9.10. The van der Waals surface area contributed by atoms with E-state index in [9.17, 15) is 9.18 Å². The Bertz CT molecular complexity index is 729. The molecule has 0 spiro atoms. The number of anilines is 1. The van der Waals surface area contributed by atoms with Crippen LogP contribution >= 0.6 is 27.5 Å². The van der Waals surface area contributed by atoms with Crippen LogP contribution < -0.4 is 10.1 Å². The van der Waals surface area contributed by atoms with Crippen molar-refractivity contribution in [1.82, 2.24) is 0 Å². The van der Waals surface area contributed by atoms with Gasteiger partial charge in [0.1, 0.15) is 11.6 Å². The fraction of sp³-hybridized carbons (Fsp3) is 0.278. The van der Waals surface area contributed by atoms with Crippen molar-refractivity contribution in [3.05, 3.63) is 56.8 Å². The fourth-order valence-electron chi connectivity index (χ4n) is 2.22. The van der Waals surface area contributed by atoms with Crippen LogP contribution in [0, 0.1) is 19.7 Å². The van der Waals surface area contributed by atoms with Crippen LogP contribution in [0.5, 0.6) is 5.75 Å². The normalized spacial score (nSPS) is 10.5. The van der Waals surface area contributed by atoms with Gasteiger partial charge in [-0.25, -0.2) is 4.39 Å². The van der Waals surface area contributed by atoms with Crippen LogP contribution in [0.3, 0.4) is 0 Å². The molecule has 1 amide bonds. The Kier molecular flexibility index (Phi) is 6.63. The van der Waals surface area contributed by atoms with Gasteiger partial charge in [0, 0.05) is 15.9 Å². The number of aryl methyl sites for hydroxylation is 2. The summed E-state index contributed by atoms with van der Waals surface area (Å²) in [6.07, 6.45) is 0.783. The summed E-state index contributed by atoms with van der Waals surface area (Å²) in [7, 11) is 0. The minimum atomic E-state index is -0.471. The number of benzene rings is 2. The van der Waals surface area contributed by atoms with E-state index in [0.29, 0.717) is 17.5 Å². The number of hydrogen-bond donors (Lipinski definition) is 1. The molecule has 0 radical (unpaired) electrons. The molecule has 2 aromatic rings. The topological polar surface area (TPSA) is 38.3 Å². The minimum absolute atomic E-state index is 0.174. The Balaban J connectivity index is 1.79. The number of amides is 1. The Labute approximate surface area is 154 Å². The number of hydrogen-bond acceptors (Lipinski definition) is 2. The lowest BCUT2D eigenvalue weighted by Crippen LogP contribution is -2.13. The standard InChI is InChI=1S/C18H18BrClFNO2/c1-11-8-14(9-12(2)18(11)20)24-7-3-4-17(23)22-16-6-5-13(19)10-15(16)21/h5-6,8-10H,3-4,7H2,1-2H3,(H,22,23). The molecule has 0 atom stereocenters. The summed E-state index contributed by atoms with van der Waals surface area (Å²) in [6.45, 7) is 4.24. The van der Waals surface area contributed by atoms with Crippen molar-refractivity contribution in [2.24, 2.45) is 0 Å². The average Bonchev–Trinajstić information content (AvgIpc) is 2.52. The molecular weight excluding hydrogens is 397 g/mol. The van der Waals surface area contributed by atoms with E-state index < -0.39 is 5.82 Å². The molecule has 2 rings (SSSR count). The molecule has 0 aromatic heterocycles. The van der Waals surface area contributed by atoms with Gasteiger partial charge in [0.2, 0.25) is 5.91 Å². The van der Waals surface area contributed by atoms with E-state index in [0.717, 1.165) is 21.9 Å². The zero-order valence-corrected chi connectivity index (χ0v) is 15.8. The average molecular weight is 415 g/mol. The molecule has 1 N–H and O–H groups in total. The molecule has 128 valence electrons. The largest absolute Gasteiger partial charge is 0.494 e. The second-order valence-corrected chi connectivity index (χ2v) is 6.79. The molecule has 0 fully saturated rings. The summed E-state index contributed by atoms with van der Waals surface area (Å²) in [5, 5.41) is 3.29. The fourth-order valence-corrected chi connectivity index (χ4v) is 2.66. The summed E-state index contributed by atoms with van der Waals surface area (Å²) in [4.78, 5) is 11.9. The number of carbonyl (C=O) groups excluding carboxylic acids is 1. The van der Waals surface area contributed by atoms with Crippen LogP contribution in [0.15, 0.2) is 34.8 Å². The summed E-state index contributed by atoms with van der Waals surface area (Å²) in [5.41, 5.74) is 2.08. The maximum absolute atomic E-state index is 13.6. The second kappa shape index (κ2) is 8.49. The predicted octanol–water partition coefficient (Wildman–Crippen LogP) is 5.66. The Morgan fingerprint density at radius 2 is 1.92 bits per heavy atom. The van der Waals surface area contributed by atoms with Gasteiger partial charge >= 0.3 is 0 Å². The predicted molar refractivity (Wildman–Crippen MR) is 98.4 cm³/mol. The van der Waals surface area contributed by atoms with E-state index in [2.05, 4.69) is 21.2 Å². The SMILES string of the molecule is Cc1cc(OCCCC(=O)Nc2ccc(Br)cc2F)cc(C)c1Cl. The van der Waals surface area contributed by atoms with E-state index in [1.54, 1.807) is 6.07 Å². The van der Waals surface area contributed by atoms with Crippen LogP contribution in [-0.4, -0.2) is 12.5 Å². The second-order valence-electron chi connectivity index (χ2n) is 5.50. The lowest BCUT2D eigenvalue weighted by atomic mass is 10.1. The molecule has 0 saturated carbocycles. The highest BCUT2D eigenvalue weighted by atomic mass is 79.9. The highest BCUT2D eigenvalue weighted by Crippen LogP contribution is 2.26. The molecule has 0 aliphatic heterocycles. The lowest BCUT2D eigenvalue weighted by molar-refractivity contribution is -0.116. The van der Waals surface area contributed by atoms with Crippen molar-refractivity contribution in [1.29, 1.82) is 0 Å². The smallest absolute Gasteiger partial charge is 0.224 e. The Hall–Kier alpha value is -1.59. The molecule has 0 aliphatic rings. The van der Waals surface area contributed by atoms with Crippen molar-refractivity contribution >= 4 is 39.1 Å². The first-order chi connectivity index (χ1) is 11.4. The van der Waals surface area contributed by atoms with Crippen molar-refractivity contribution in [2.45, 2.75) is 26.7 Å². The molecule has 6 heteroatoms. The van der Waals surface area contributed by atoms with Crippen LogP contribution in [0.2, 0.25) is 5.02 Å². The van der Waals surface area contributed by atoms with E-state index in [1.165, 1.54) is 12.1 Å². The van der Waals surface area contributed by atoms with E-state index in [4.69, 9.17) is 16.3 Å². The van der Waals surface area contributed by atoms with Crippen LogP contribution in [0.25, 0.3) is 0 Å². The number of nitrogens with one attached hydrogen (secondary N) is 1. The molecule has 0 bridgehead atoms. The molecular formula is C18H18BrClFNO2. The van der Waals surface area contributed by atoms with Gasteiger partial charge in [-0.15, -0.1) is 0 Å². The van der Waals surface area contributed by atoms with Gasteiger partial charge in [-0.1, -0.05) is 27.5 Å². The molecule has 0 aliphatic carbocycles. The minimum Gasteiger partial charge on any atom is -0.494 e. The van der Waals surface area contributed by atoms with Gasteiger partial charge < -0.3 is 10.1 Å². The van der Waals surface area contributed by atoms with Crippen LogP contribution in [0.1, 0.15) is 24.0 Å². The van der Waals surface area contributed by atoms with Gasteiger partial charge in [-0.2, -0.15) is 0 Å². The van der Waals surface area contributed by atoms with Crippen molar-refractivity contribution in [3.63, 3.8) is 0 Å². The molecule has 3 nitrogen and oxygen atoms in total. The highest BCUT2D eigenvalue weighted by Gasteiger charge is 2.08. The number of rotatable bonds is 6. The first-order valence-corrected chi connectivity index (χ1v) is 8.68. The van der Waals surface area contributed by atoms with Crippen LogP contribution in [0.4, 0.5) is 10.1 Å². The quantitative estimate of drug-likeness (QED) is 0.620. The first-order valence-electron chi connectivity index (χ1n) is 7.51. The van der Waals surface area contributed by atoms with E-state index in [-0.39, 0.29) is 18.0 Å².